The van der Waals surface area contributed by atoms with Crippen LogP contribution < -0.4 is 9.47 Å². The first-order valence-corrected chi connectivity index (χ1v) is 10.5. The number of aryl methyl sites for hydroxylation is 2. The average molecular weight is 401 g/mol. The van der Waals surface area contributed by atoms with Crippen LogP contribution >= 0.6 is 0 Å². The molecule has 0 saturated heterocycles. The molecule has 0 atom stereocenters. The number of benzene rings is 3. The van der Waals surface area contributed by atoms with E-state index in [1.54, 1.807) is 7.11 Å². The molecule has 0 unspecified atom stereocenters. The number of aromatic nitrogens is 2. The van der Waals surface area contributed by atoms with Gasteiger partial charge in [0.05, 0.1) is 24.8 Å². The number of nitrogens with zero attached hydrogens (tertiary/aromatic N) is 2. The van der Waals surface area contributed by atoms with Gasteiger partial charge in [0.2, 0.25) is 0 Å². The Morgan fingerprint density at radius 1 is 0.867 bits per heavy atom. The van der Waals surface area contributed by atoms with Crippen molar-refractivity contribution in [3.63, 3.8) is 0 Å². The second kappa shape index (κ2) is 9.49. The maximum atomic E-state index is 5.90. The van der Waals surface area contributed by atoms with Crippen LogP contribution in [0.1, 0.15) is 29.8 Å². The SMILES string of the molecule is COc1ccc(Cc2nc3ccccc3n2CCCCOc2cccc(C)c2)cc1. The smallest absolute Gasteiger partial charge is 0.119 e. The van der Waals surface area contributed by atoms with Gasteiger partial charge >= 0.3 is 0 Å². The van der Waals surface area contributed by atoms with Gasteiger partial charge in [0.15, 0.2) is 0 Å². The number of fused-ring (bicyclic) bond motifs is 1. The van der Waals surface area contributed by atoms with Crippen molar-refractivity contribution in [2.75, 3.05) is 13.7 Å². The Kier molecular flexibility index (Phi) is 6.33. The number of para-hydroxylation sites is 2. The highest BCUT2D eigenvalue weighted by molar-refractivity contribution is 5.76. The molecule has 0 amide bonds. The van der Waals surface area contributed by atoms with Crippen molar-refractivity contribution >= 4 is 11.0 Å². The largest absolute Gasteiger partial charge is 0.497 e. The Morgan fingerprint density at radius 2 is 1.70 bits per heavy atom. The van der Waals surface area contributed by atoms with Crippen molar-refractivity contribution in [3.8, 4) is 11.5 Å². The fourth-order valence-electron chi connectivity index (χ4n) is 3.70. The first-order valence-electron chi connectivity index (χ1n) is 10.5. The third-order valence-corrected chi connectivity index (χ3v) is 5.29. The molecule has 0 aliphatic rings. The summed E-state index contributed by atoms with van der Waals surface area (Å²) < 4.78 is 13.5. The van der Waals surface area contributed by atoms with Crippen LogP contribution in [0.4, 0.5) is 0 Å². The highest BCUT2D eigenvalue weighted by Crippen LogP contribution is 2.21. The molecule has 4 nitrogen and oxygen atoms in total. The molecular formula is C26H28N2O2. The summed E-state index contributed by atoms with van der Waals surface area (Å²) in [5.74, 6) is 2.92. The number of hydrogen-bond donors (Lipinski definition) is 0. The summed E-state index contributed by atoms with van der Waals surface area (Å²) in [6.07, 6.45) is 2.85. The Bertz CT molecular complexity index is 1100. The lowest BCUT2D eigenvalue weighted by atomic mass is 10.1. The van der Waals surface area contributed by atoms with Gasteiger partial charge in [0, 0.05) is 13.0 Å². The first-order chi connectivity index (χ1) is 14.7. The van der Waals surface area contributed by atoms with Gasteiger partial charge in [-0.25, -0.2) is 4.98 Å². The van der Waals surface area contributed by atoms with E-state index in [1.807, 2.05) is 30.3 Å². The maximum absolute atomic E-state index is 5.90. The molecule has 1 aromatic heterocycles. The predicted octanol–water partition coefficient (Wildman–Crippen LogP) is 5.80. The summed E-state index contributed by atoms with van der Waals surface area (Å²) >= 11 is 0. The minimum atomic E-state index is 0.726. The van der Waals surface area contributed by atoms with Gasteiger partial charge in [-0.2, -0.15) is 0 Å². The summed E-state index contributed by atoms with van der Waals surface area (Å²) in [5.41, 5.74) is 4.70. The van der Waals surface area contributed by atoms with Gasteiger partial charge in [-0.15, -0.1) is 0 Å². The topological polar surface area (TPSA) is 36.3 Å². The van der Waals surface area contributed by atoms with Gasteiger partial charge in [-0.3, -0.25) is 0 Å². The zero-order valence-electron chi connectivity index (χ0n) is 17.7. The zero-order valence-corrected chi connectivity index (χ0v) is 17.7. The molecule has 3 aromatic carbocycles. The molecule has 0 aliphatic carbocycles. The molecule has 4 heteroatoms. The van der Waals surface area contributed by atoms with Crippen molar-refractivity contribution in [2.45, 2.75) is 32.7 Å². The normalized spacial score (nSPS) is 11.0. The highest BCUT2D eigenvalue weighted by Gasteiger charge is 2.11. The van der Waals surface area contributed by atoms with E-state index in [0.717, 1.165) is 55.3 Å². The molecule has 0 bridgehead atoms. The van der Waals surface area contributed by atoms with Gasteiger partial charge < -0.3 is 14.0 Å². The summed E-state index contributed by atoms with van der Waals surface area (Å²) in [6, 6.07) is 24.8. The summed E-state index contributed by atoms with van der Waals surface area (Å²) in [7, 11) is 1.69. The second-order valence-electron chi connectivity index (χ2n) is 7.57. The van der Waals surface area contributed by atoms with E-state index in [2.05, 4.69) is 54.0 Å². The third-order valence-electron chi connectivity index (χ3n) is 5.29. The molecular weight excluding hydrogens is 372 g/mol. The Morgan fingerprint density at radius 3 is 2.50 bits per heavy atom. The van der Waals surface area contributed by atoms with E-state index in [9.17, 15) is 0 Å². The Hall–Kier alpha value is -3.27. The van der Waals surface area contributed by atoms with Gasteiger partial charge in [0.25, 0.3) is 0 Å². The molecule has 30 heavy (non-hydrogen) atoms. The molecule has 0 fully saturated rings. The van der Waals surface area contributed by atoms with Crippen molar-refractivity contribution in [1.29, 1.82) is 0 Å². The van der Waals surface area contributed by atoms with Crippen molar-refractivity contribution in [2.24, 2.45) is 0 Å². The molecule has 0 spiro atoms. The average Bonchev–Trinajstić information content (AvgIpc) is 3.11. The van der Waals surface area contributed by atoms with Crippen LogP contribution in [0.5, 0.6) is 11.5 Å². The molecule has 0 radical (unpaired) electrons. The Labute approximate surface area is 178 Å². The van der Waals surface area contributed by atoms with E-state index >= 15 is 0 Å². The predicted molar refractivity (Wildman–Crippen MR) is 121 cm³/mol. The monoisotopic (exact) mass is 400 g/mol. The number of methoxy groups -OCH3 is 1. The fourth-order valence-corrected chi connectivity index (χ4v) is 3.70. The lowest BCUT2D eigenvalue weighted by Crippen LogP contribution is -2.07. The van der Waals surface area contributed by atoms with E-state index in [-0.39, 0.29) is 0 Å². The number of imidazole rings is 1. The molecule has 0 N–H and O–H groups in total. The van der Waals surface area contributed by atoms with Crippen LogP contribution in [0.2, 0.25) is 0 Å². The quantitative estimate of drug-likeness (QED) is 0.333. The third kappa shape index (κ3) is 4.82. The van der Waals surface area contributed by atoms with E-state index in [1.165, 1.54) is 16.6 Å². The molecule has 154 valence electrons. The Balaban J connectivity index is 1.42. The summed E-state index contributed by atoms with van der Waals surface area (Å²) in [5, 5.41) is 0. The zero-order chi connectivity index (χ0) is 20.8. The number of ether oxygens (including phenoxy) is 2. The summed E-state index contributed by atoms with van der Waals surface area (Å²) in [6.45, 7) is 3.74. The van der Waals surface area contributed by atoms with Crippen molar-refractivity contribution in [1.82, 2.24) is 9.55 Å². The van der Waals surface area contributed by atoms with Crippen LogP contribution in [-0.4, -0.2) is 23.3 Å². The van der Waals surface area contributed by atoms with Crippen LogP contribution in [0.25, 0.3) is 11.0 Å². The summed E-state index contributed by atoms with van der Waals surface area (Å²) in [4.78, 5) is 4.91. The fraction of sp³-hybridized carbons (Fsp3) is 0.269. The minimum Gasteiger partial charge on any atom is -0.497 e. The molecule has 4 aromatic rings. The number of hydrogen-bond acceptors (Lipinski definition) is 3. The van der Waals surface area contributed by atoms with Crippen molar-refractivity contribution < 1.29 is 9.47 Å². The van der Waals surface area contributed by atoms with Crippen LogP contribution in [0, 0.1) is 6.92 Å². The number of rotatable bonds is 9. The molecule has 0 aliphatic heterocycles. The maximum Gasteiger partial charge on any atom is 0.119 e. The lowest BCUT2D eigenvalue weighted by Gasteiger charge is -2.11. The van der Waals surface area contributed by atoms with Gasteiger partial charge in [-0.05, 0) is 67.3 Å². The van der Waals surface area contributed by atoms with Gasteiger partial charge in [-0.1, -0.05) is 36.4 Å². The second-order valence-corrected chi connectivity index (χ2v) is 7.57. The van der Waals surface area contributed by atoms with E-state index in [4.69, 9.17) is 14.5 Å². The number of unbranched alkanes of at least 4 members (excludes halogenated alkanes) is 1. The molecule has 0 saturated carbocycles. The lowest BCUT2D eigenvalue weighted by molar-refractivity contribution is 0.303. The molecule has 1 heterocycles. The first kappa shape index (κ1) is 20.0. The van der Waals surface area contributed by atoms with E-state index < -0.39 is 0 Å². The van der Waals surface area contributed by atoms with Crippen LogP contribution in [0.15, 0.2) is 72.8 Å². The van der Waals surface area contributed by atoms with Crippen LogP contribution in [0.3, 0.4) is 0 Å². The van der Waals surface area contributed by atoms with Crippen LogP contribution in [-0.2, 0) is 13.0 Å². The minimum absolute atomic E-state index is 0.726. The van der Waals surface area contributed by atoms with Gasteiger partial charge in [0.1, 0.15) is 17.3 Å². The standard InChI is InChI=1S/C26H28N2O2/c1-20-8-7-9-23(18-20)30-17-6-5-16-28-25-11-4-3-10-24(25)27-26(28)19-21-12-14-22(29-2)15-13-21/h3-4,7-15,18H,5-6,16-17,19H2,1-2H3. The van der Waals surface area contributed by atoms with E-state index in [0.29, 0.717) is 0 Å². The molecule has 4 rings (SSSR count). The van der Waals surface area contributed by atoms with Crippen molar-refractivity contribution in [3.05, 3.63) is 89.7 Å². The highest BCUT2D eigenvalue weighted by atomic mass is 16.5.